The van der Waals surface area contributed by atoms with Crippen molar-refractivity contribution < 1.29 is 9.47 Å². The monoisotopic (exact) mass is 310 g/mol. The minimum absolute atomic E-state index is 0.145. The lowest BCUT2D eigenvalue weighted by Gasteiger charge is -2.40. The Hall–Kier alpha value is 0.400. The number of hydrogen-bond acceptors (Lipinski definition) is 2. The minimum atomic E-state index is 0.145. The predicted molar refractivity (Wildman–Crippen MR) is 69.1 cm³/mol. The van der Waals surface area contributed by atoms with Gasteiger partial charge in [0.2, 0.25) is 0 Å². The van der Waals surface area contributed by atoms with Crippen molar-refractivity contribution >= 4 is 15.9 Å². The van der Waals surface area contributed by atoms with Gasteiger partial charge in [0.25, 0.3) is 0 Å². The Bertz CT molecular complexity index is 446. The van der Waals surface area contributed by atoms with E-state index in [-0.39, 0.29) is 6.29 Å². The zero-order chi connectivity index (χ0) is 11.8. The summed E-state index contributed by atoms with van der Waals surface area (Å²) in [6.07, 6.45) is 1.68. The average molecular weight is 311 g/mol. The molecule has 98 valence electrons. The number of halogens is 1. The summed E-state index contributed by atoms with van der Waals surface area (Å²) in [5, 5.41) is 0. The number of alkyl halides is 1. The van der Waals surface area contributed by atoms with Crippen LogP contribution in [0, 0.1) is 52.8 Å². The van der Waals surface area contributed by atoms with Crippen molar-refractivity contribution in [1.82, 2.24) is 0 Å². The first-order valence-corrected chi connectivity index (χ1v) is 8.53. The molecule has 2 nitrogen and oxygen atoms in total. The van der Waals surface area contributed by atoms with Gasteiger partial charge in [-0.25, -0.2) is 0 Å². The van der Waals surface area contributed by atoms with Crippen LogP contribution in [0.15, 0.2) is 0 Å². The van der Waals surface area contributed by atoms with Crippen LogP contribution in [0.25, 0.3) is 0 Å². The van der Waals surface area contributed by atoms with Crippen LogP contribution < -0.4 is 0 Å². The standard InChI is InChI=1S/C15H19BrO2/c1-15-11-6-4-5-7(9(6)13(15)16)12(15)10(8(5)11)14-17-2-3-18-14/h5-14H,2-4H2,1H3/t5-,6-,7+,8+,9+,10+,11+,12-,13-,15+/m1/s1. The average Bonchev–Trinajstić information content (AvgIpc) is 3.07. The van der Waals surface area contributed by atoms with E-state index >= 15 is 0 Å². The molecular formula is C15H19BrO2. The van der Waals surface area contributed by atoms with Crippen molar-refractivity contribution in [3.8, 4) is 0 Å². The van der Waals surface area contributed by atoms with Crippen LogP contribution in [0.1, 0.15) is 13.3 Å². The lowest BCUT2D eigenvalue weighted by atomic mass is 9.64. The second kappa shape index (κ2) is 2.73. The van der Waals surface area contributed by atoms with E-state index in [0.717, 1.165) is 65.4 Å². The Morgan fingerprint density at radius 3 is 2.39 bits per heavy atom. The van der Waals surface area contributed by atoms with E-state index in [4.69, 9.17) is 9.47 Å². The fourth-order valence-corrected chi connectivity index (χ4v) is 9.50. The normalized spacial score (nSPS) is 74.7. The molecule has 10 atom stereocenters. The molecule has 7 fully saturated rings. The highest BCUT2D eigenvalue weighted by molar-refractivity contribution is 9.09. The van der Waals surface area contributed by atoms with Gasteiger partial charge in [0.05, 0.1) is 13.2 Å². The summed E-state index contributed by atoms with van der Waals surface area (Å²) in [5.74, 6) is 7.64. The van der Waals surface area contributed by atoms with Crippen LogP contribution in [0.3, 0.4) is 0 Å². The van der Waals surface area contributed by atoms with Gasteiger partial charge in [0, 0.05) is 10.7 Å². The third-order valence-corrected chi connectivity index (χ3v) is 9.55. The van der Waals surface area contributed by atoms with Gasteiger partial charge in [-0.05, 0) is 53.3 Å². The summed E-state index contributed by atoms with van der Waals surface area (Å²) < 4.78 is 11.8. The molecule has 0 aromatic carbocycles. The second-order valence-electron chi connectivity index (χ2n) is 7.80. The predicted octanol–water partition coefficient (Wildman–Crippen LogP) is 2.52. The van der Waals surface area contributed by atoms with Crippen molar-refractivity contribution in [3.63, 3.8) is 0 Å². The van der Waals surface area contributed by atoms with Gasteiger partial charge in [-0.15, -0.1) is 0 Å². The molecule has 0 amide bonds. The largest absolute Gasteiger partial charge is 0.350 e. The summed E-state index contributed by atoms with van der Waals surface area (Å²) in [7, 11) is 0. The maximum atomic E-state index is 5.92. The van der Waals surface area contributed by atoms with Gasteiger partial charge in [-0.1, -0.05) is 22.9 Å². The van der Waals surface area contributed by atoms with Crippen LogP contribution in [-0.4, -0.2) is 24.3 Å². The molecule has 6 aliphatic carbocycles. The van der Waals surface area contributed by atoms with Gasteiger partial charge in [-0.3, -0.25) is 0 Å². The molecule has 0 aromatic rings. The Kier molecular flexibility index (Phi) is 1.54. The lowest BCUT2D eigenvalue weighted by Crippen LogP contribution is -2.37. The number of ether oxygens (including phenoxy) is 2. The van der Waals surface area contributed by atoms with Crippen LogP contribution in [-0.2, 0) is 9.47 Å². The van der Waals surface area contributed by atoms with Gasteiger partial charge in [0.1, 0.15) is 0 Å². The van der Waals surface area contributed by atoms with Crippen molar-refractivity contribution in [2.75, 3.05) is 13.2 Å². The van der Waals surface area contributed by atoms with Gasteiger partial charge >= 0.3 is 0 Å². The molecule has 7 rings (SSSR count). The first kappa shape index (κ1) is 10.2. The van der Waals surface area contributed by atoms with E-state index in [1.807, 2.05) is 0 Å². The van der Waals surface area contributed by atoms with Gasteiger partial charge in [0.15, 0.2) is 6.29 Å². The molecule has 6 saturated carbocycles. The highest BCUT2D eigenvalue weighted by atomic mass is 79.9. The fraction of sp³-hybridized carbons (Fsp3) is 1.00. The van der Waals surface area contributed by atoms with Crippen LogP contribution >= 0.6 is 15.9 Å². The quantitative estimate of drug-likeness (QED) is 0.693. The SMILES string of the molecule is C[C@]12[C@H]3[C@@H]4C[C@H]5[C@H]3[C@H](C3OCCO3)[C@H]1[C@@H]5[C@H]4[C@H]2Br. The van der Waals surface area contributed by atoms with Gasteiger partial charge in [-0.2, -0.15) is 0 Å². The van der Waals surface area contributed by atoms with Crippen molar-refractivity contribution in [2.24, 2.45) is 52.8 Å². The summed E-state index contributed by atoms with van der Waals surface area (Å²) in [6.45, 7) is 4.22. The van der Waals surface area contributed by atoms with E-state index in [2.05, 4.69) is 22.9 Å². The van der Waals surface area contributed by atoms with Crippen LogP contribution in [0.4, 0.5) is 0 Å². The molecule has 1 aliphatic heterocycles. The topological polar surface area (TPSA) is 18.5 Å². The van der Waals surface area contributed by atoms with Crippen molar-refractivity contribution in [1.29, 1.82) is 0 Å². The lowest BCUT2D eigenvalue weighted by molar-refractivity contribution is -0.101. The molecular weight excluding hydrogens is 292 g/mol. The molecule has 7 aliphatic rings. The number of hydrogen-bond donors (Lipinski definition) is 0. The van der Waals surface area contributed by atoms with Crippen LogP contribution in [0.2, 0.25) is 0 Å². The maximum Gasteiger partial charge on any atom is 0.161 e. The molecule has 0 aromatic heterocycles. The summed E-state index contributed by atoms with van der Waals surface area (Å²) in [5.41, 5.74) is 0.567. The Morgan fingerprint density at radius 1 is 0.944 bits per heavy atom. The molecule has 0 spiro atoms. The molecule has 0 radical (unpaired) electrons. The summed E-state index contributed by atoms with van der Waals surface area (Å²) >= 11 is 4.10. The van der Waals surface area contributed by atoms with E-state index in [9.17, 15) is 0 Å². The zero-order valence-corrected chi connectivity index (χ0v) is 12.2. The smallest absolute Gasteiger partial charge is 0.161 e. The molecule has 18 heavy (non-hydrogen) atoms. The molecule has 1 saturated heterocycles. The highest BCUT2D eigenvalue weighted by Gasteiger charge is 2.87. The van der Waals surface area contributed by atoms with E-state index in [1.165, 1.54) is 6.42 Å². The van der Waals surface area contributed by atoms with Gasteiger partial charge < -0.3 is 9.47 Å². The van der Waals surface area contributed by atoms with Crippen molar-refractivity contribution in [2.45, 2.75) is 24.5 Å². The highest BCUT2D eigenvalue weighted by Crippen LogP contribution is 2.89. The first-order chi connectivity index (χ1) is 8.74. The summed E-state index contributed by atoms with van der Waals surface area (Å²) in [6, 6.07) is 0. The maximum absolute atomic E-state index is 5.92. The van der Waals surface area contributed by atoms with E-state index in [0.29, 0.717) is 5.41 Å². The van der Waals surface area contributed by atoms with E-state index < -0.39 is 0 Å². The van der Waals surface area contributed by atoms with Crippen molar-refractivity contribution in [3.05, 3.63) is 0 Å². The molecule has 6 bridgehead atoms. The number of rotatable bonds is 1. The second-order valence-corrected chi connectivity index (χ2v) is 8.79. The Balaban J connectivity index is 1.54. The first-order valence-electron chi connectivity index (χ1n) is 7.62. The zero-order valence-electron chi connectivity index (χ0n) is 10.6. The Labute approximate surface area is 116 Å². The third kappa shape index (κ3) is 0.722. The molecule has 0 N–H and O–H groups in total. The van der Waals surface area contributed by atoms with E-state index in [1.54, 1.807) is 0 Å². The summed E-state index contributed by atoms with van der Waals surface area (Å²) in [4.78, 5) is 0.788. The van der Waals surface area contributed by atoms with Crippen LogP contribution in [0.5, 0.6) is 0 Å². The molecule has 0 unspecified atom stereocenters. The molecule has 1 heterocycles. The third-order valence-electron chi connectivity index (χ3n) is 7.95. The Morgan fingerprint density at radius 2 is 1.67 bits per heavy atom. The fourth-order valence-electron chi connectivity index (χ4n) is 8.15. The molecule has 3 heteroatoms. The minimum Gasteiger partial charge on any atom is -0.350 e.